The van der Waals surface area contributed by atoms with E-state index in [9.17, 15) is 4.79 Å². The van der Waals surface area contributed by atoms with E-state index in [4.69, 9.17) is 18.9 Å². The number of hydrogen-bond acceptors (Lipinski definition) is 5. The molecule has 0 aromatic heterocycles. The number of hydrogen-bond donors (Lipinski definition) is 1. The van der Waals surface area contributed by atoms with E-state index in [0.717, 1.165) is 41.9 Å². The maximum Gasteiger partial charge on any atom is 0.223 e. The van der Waals surface area contributed by atoms with Gasteiger partial charge >= 0.3 is 0 Å². The zero-order valence-electron chi connectivity index (χ0n) is 14.9. The minimum Gasteiger partial charge on any atom is -0.468 e. The summed E-state index contributed by atoms with van der Waals surface area (Å²) in [4.78, 5) is 12.2. The average molecular weight is 337 g/mol. The van der Waals surface area contributed by atoms with Crippen LogP contribution in [0.2, 0.25) is 0 Å². The van der Waals surface area contributed by atoms with Gasteiger partial charge in [0.05, 0.1) is 0 Å². The van der Waals surface area contributed by atoms with Crippen molar-refractivity contribution in [3.63, 3.8) is 0 Å². The lowest BCUT2D eigenvalue weighted by molar-refractivity contribution is -0.124. The van der Waals surface area contributed by atoms with Gasteiger partial charge in [-0.1, -0.05) is 6.42 Å². The summed E-state index contributed by atoms with van der Waals surface area (Å²) >= 11 is 0. The Hall–Kier alpha value is -1.79. The SMILES string of the molecule is CNC(=O)C1CCCC1c1cc(OCOC)cc(C)c1OCOC. The Balaban J connectivity index is 2.39. The Morgan fingerprint density at radius 2 is 1.88 bits per heavy atom. The number of carbonyl (C=O) groups excluding carboxylic acids is 1. The van der Waals surface area contributed by atoms with Crippen molar-refractivity contribution in [1.82, 2.24) is 5.32 Å². The first-order chi connectivity index (χ1) is 11.6. The minimum atomic E-state index is -0.0445. The third-order valence-electron chi connectivity index (χ3n) is 4.44. The zero-order valence-corrected chi connectivity index (χ0v) is 14.9. The lowest BCUT2D eigenvalue weighted by Crippen LogP contribution is -2.29. The van der Waals surface area contributed by atoms with Gasteiger partial charge in [-0.25, -0.2) is 0 Å². The average Bonchev–Trinajstić information content (AvgIpc) is 3.07. The van der Waals surface area contributed by atoms with Crippen molar-refractivity contribution in [2.75, 3.05) is 34.9 Å². The molecular weight excluding hydrogens is 310 g/mol. The highest BCUT2D eigenvalue weighted by atomic mass is 16.7. The summed E-state index contributed by atoms with van der Waals surface area (Å²) in [5.41, 5.74) is 1.96. The molecule has 1 aliphatic carbocycles. The molecule has 1 saturated carbocycles. The molecule has 1 amide bonds. The predicted octanol–water partition coefficient (Wildman–Crippen LogP) is 2.59. The molecule has 2 rings (SSSR count). The summed E-state index contributed by atoms with van der Waals surface area (Å²) in [5.74, 6) is 1.65. The molecule has 2 atom stereocenters. The number of methoxy groups -OCH3 is 2. The van der Waals surface area contributed by atoms with E-state index in [1.54, 1.807) is 21.3 Å². The Labute approximate surface area is 143 Å². The highest BCUT2D eigenvalue weighted by Gasteiger charge is 2.35. The molecular formula is C18H27NO5. The number of amides is 1. The molecule has 134 valence electrons. The summed E-state index contributed by atoms with van der Waals surface area (Å²) in [7, 11) is 4.86. The lowest BCUT2D eigenvalue weighted by Gasteiger charge is -2.23. The molecule has 2 unspecified atom stereocenters. The molecule has 6 nitrogen and oxygen atoms in total. The van der Waals surface area contributed by atoms with E-state index in [0.29, 0.717) is 0 Å². The van der Waals surface area contributed by atoms with Crippen LogP contribution < -0.4 is 14.8 Å². The first-order valence-electron chi connectivity index (χ1n) is 8.22. The molecule has 0 aliphatic heterocycles. The molecule has 0 radical (unpaired) electrons. The zero-order chi connectivity index (χ0) is 17.5. The Kier molecular flexibility index (Phi) is 6.87. The summed E-state index contributed by atoms with van der Waals surface area (Å²) in [6, 6.07) is 3.88. The van der Waals surface area contributed by atoms with Crippen LogP contribution >= 0.6 is 0 Å². The molecule has 0 bridgehead atoms. The fraction of sp³-hybridized carbons (Fsp3) is 0.611. The van der Waals surface area contributed by atoms with E-state index in [2.05, 4.69) is 5.32 Å². The van der Waals surface area contributed by atoms with Gasteiger partial charge in [0.25, 0.3) is 0 Å². The van der Waals surface area contributed by atoms with Gasteiger partial charge in [0.2, 0.25) is 5.91 Å². The maximum atomic E-state index is 12.2. The number of ether oxygens (including phenoxy) is 4. The van der Waals surface area contributed by atoms with Crippen molar-refractivity contribution in [2.45, 2.75) is 32.1 Å². The van der Waals surface area contributed by atoms with Crippen LogP contribution in [0.1, 0.15) is 36.3 Å². The van der Waals surface area contributed by atoms with E-state index in [1.807, 2.05) is 19.1 Å². The van der Waals surface area contributed by atoms with Gasteiger partial charge in [0.15, 0.2) is 13.6 Å². The molecule has 24 heavy (non-hydrogen) atoms. The van der Waals surface area contributed by atoms with Gasteiger partial charge in [0.1, 0.15) is 11.5 Å². The summed E-state index contributed by atoms with van der Waals surface area (Å²) in [6.07, 6.45) is 2.86. The van der Waals surface area contributed by atoms with E-state index in [-0.39, 0.29) is 31.3 Å². The van der Waals surface area contributed by atoms with Crippen LogP contribution in [0, 0.1) is 12.8 Å². The van der Waals surface area contributed by atoms with Crippen molar-refractivity contribution in [3.05, 3.63) is 23.3 Å². The second-order valence-electron chi connectivity index (χ2n) is 6.02. The third-order valence-corrected chi connectivity index (χ3v) is 4.44. The molecule has 1 fully saturated rings. The van der Waals surface area contributed by atoms with Gasteiger partial charge in [-0.2, -0.15) is 0 Å². The highest BCUT2D eigenvalue weighted by Crippen LogP contribution is 2.45. The number of benzene rings is 1. The highest BCUT2D eigenvalue weighted by molar-refractivity contribution is 5.80. The topological polar surface area (TPSA) is 66.0 Å². The fourth-order valence-electron chi connectivity index (χ4n) is 3.40. The molecule has 1 N–H and O–H groups in total. The van der Waals surface area contributed by atoms with Crippen molar-refractivity contribution in [1.29, 1.82) is 0 Å². The Morgan fingerprint density at radius 1 is 1.17 bits per heavy atom. The fourth-order valence-corrected chi connectivity index (χ4v) is 3.40. The lowest BCUT2D eigenvalue weighted by atomic mass is 9.86. The van der Waals surface area contributed by atoms with Gasteiger partial charge < -0.3 is 24.3 Å². The van der Waals surface area contributed by atoms with E-state index >= 15 is 0 Å². The molecule has 6 heteroatoms. The normalized spacial score (nSPS) is 20.0. The van der Waals surface area contributed by atoms with Crippen LogP contribution in [0.4, 0.5) is 0 Å². The second kappa shape index (κ2) is 8.89. The summed E-state index contributed by atoms with van der Waals surface area (Å²) in [6.45, 7) is 2.32. The van der Waals surface area contributed by atoms with Crippen molar-refractivity contribution in [2.24, 2.45) is 5.92 Å². The number of rotatable bonds is 8. The summed E-state index contributed by atoms with van der Waals surface area (Å²) < 4.78 is 21.5. The molecule has 0 spiro atoms. The third kappa shape index (κ3) is 4.19. The molecule has 1 aromatic rings. The number of carbonyl (C=O) groups is 1. The summed E-state index contributed by atoms with van der Waals surface area (Å²) in [5, 5.41) is 2.78. The van der Waals surface area contributed by atoms with Crippen molar-refractivity contribution < 1.29 is 23.7 Å². The quantitative estimate of drug-likeness (QED) is 0.739. The van der Waals surface area contributed by atoms with E-state index in [1.165, 1.54) is 0 Å². The van der Waals surface area contributed by atoms with Gasteiger partial charge in [-0.3, -0.25) is 4.79 Å². The number of nitrogens with one attached hydrogen (secondary N) is 1. The Bertz CT molecular complexity index is 561. The van der Waals surface area contributed by atoms with Crippen LogP contribution in [0.15, 0.2) is 12.1 Å². The second-order valence-corrected chi connectivity index (χ2v) is 6.02. The largest absolute Gasteiger partial charge is 0.468 e. The molecule has 0 heterocycles. The first-order valence-corrected chi connectivity index (χ1v) is 8.22. The van der Waals surface area contributed by atoms with Crippen molar-refractivity contribution >= 4 is 5.91 Å². The molecule has 1 aromatic carbocycles. The van der Waals surface area contributed by atoms with Crippen LogP contribution in [-0.4, -0.2) is 40.8 Å². The smallest absolute Gasteiger partial charge is 0.223 e. The standard InChI is InChI=1S/C18H27NO5/c1-12-8-13(23-10-21-3)9-16(17(12)24-11-22-4)14-6-5-7-15(14)18(20)19-2/h8-9,14-15H,5-7,10-11H2,1-4H3,(H,19,20). The number of aryl methyl sites for hydroxylation is 1. The molecule has 0 saturated heterocycles. The van der Waals surface area contributed by atoms with Gasteiger partial charge in [-0.15, -0.1) is 0 Å². The van der Waals surface area contributed by atoms with Crippen LogP contribution in [0.25, 0.3) is 0 Å². The van der Waals surface area contributed by atoms with Gasteiger partial charge in [-0.05, 0) is 43.4 Å². The van der Waals surface area contributed by atoms with Crippen LogP contribution in [0.3, 0.4) is 0 Å². The first kappa shape index (κ1) is 18.5. The van der Waals surface area contributed by atoms with Crippen molar-refractivity contribution in [3.8, 4) is 11.5 Å². The van der Waals surface area contributed by atoms with Crippen LogP contribution in [-0.2, 0) is 14.3 Å². The van der Waals surface area contributed by atoms with E-state index < -0.39 is 0 Å². The minimum absolute atomic E-state index is 0.0445. The van der Waals surface area contributed by atoms with Crippen LogP contribution in [0.5, 0.6) is 11.5 Å². The Morgan fingerprint density at radius 3 is 2.54 bits per heavy atom. The monoisotopic (exact) mass is 337 g/mol. The maximum absolute atomic E-state index is 12.2. The van der Waals surface area contributed by atoms with Gasteiger partial charge in [0, 0.05) is 32.7 Å². The predicted molar refractivity (Wildman–Crippen MR) is 90.3 cm³/mol. The molecule has 1 aliphatic rings.